The normalized spacial score (nSPS) is 10.4. The number of nitrogens with one attached hydrogen (secondary N) is 1. The van der Waals surface area contributed by atoms with E-state index >= 15 is 0 Å². The number of halogens is 1. The fourth-order valence-electron chi connectivity index (χ4n) is 2.22. The summed E-state index contributed by atoms with van der Waals surface area (Å²) in [6, 6.07) is 14.7. The van der Waals surface area contributed by atoms with E-state index in [1.165, 1.54) is 12.3 Å². The van der Waals surface area contributed by atoms with Crippen molar-refractivity contribution in [2.24, 2.45) is 0 Å². The molecule has 3 N–H and O–H groups in total. The summed E-state index contributed by atoms with van der Waals surface area (Å²) in [5.41, 5.74) is 1.42. The molecule has 0 aliphatic carbocycles. The zero-order valence-electron chi connectivity index (χ0n) is 12.4. The van der Waals surface area contributed by atoms with Gasteiger partial charge in [0.25, 0.3) is 5.91 Å². The Hall–Kier alpha value is -3.05. The van der Waals surface area contributed by atoms with Crippen molar-refractivity contribution in [3.63, 3.8) is 0 Å². The Balaban J connectivity index is 1.81. The standard InChI is InChI=1S/C18H13ClN2O3/c19-14-6-2-1-4-13(14)18(24)21-16-9-8-11(10-20-16)12-5-3-7-15(22)17(12)23/h1-10,22-23H,(H,20,21,24). The molecule has 0 spiro atoms. The lowest BCUT2D eigenvalue weighted by atomic mass is 10.1. The van der Waals surface area contributed by atoms with Crippen LogP contribution in [0.25, 0.3) is 11.1 Å². The Morgan fingerprint density at radius 3 is 2.50 bits per heavy atom. The van der Waals surface area contributed by atoms with Crippen molar-refractivity contribution in [2.45, 2.75) is 0 Å². The van der Waals surface area contributed by atoms with Gasteiger partial charge in [-0.2, -0.15) is 0 Å². The van der Waals surface area contributed by atoms with Gasteiger partial charge < -0.3 is 15.5 Å². The number of para-hydroxylation sites is 1. The predicted molar refractivity (Wildman–Crippen MR) is 92.4 cm³/mol. The number of rotatable bonds is 3. The van der Waals surface area contributed by atoms with Crippen LogP contribution in [0.1, 0.15) is 10.4 Å². The van der Waals surface area contributed by atoms with Gasteiger partial charge in [0.05, 0.1) is 10.6 Å². The van der Waals surface area contributed by atoms with Gasteiger partial charge in [-0.05, 0) is 30.3 Å². The highest BCUT2D eigenvalue weighted by molar-refractivity contribution is 6.34. The molecular weight excluding hydrogens is 328 g/mol. The monoisotopic (exact) mass is 340 g/mol. The maximum absolute atomic E-state index is 12.2. The molecule has 6 heteroatoms. The molecule has 0 fully saturated rings. The zero-order valence-corrected chi connectivity index (χ0v) is 13.2. The number of aromatic nitrogens is 1. The second-order valence-corrected chi connectivity index (χ2v) is 5.45. The maximum Gasteiger partial charge on any atom is 0.258 e. The van der Waals surface area contributed by atoms with E-state index in [0.29, 0.717) is 27.5 Å². The second kappa shape index (κ2) is 6.60. The smallest absolute Gasteiger partial charge is 0.258 e. The fraction of sp³-hybridized carbons (Fsp3) is 0. The topological polar surface area (TPSA) is 82.5 Å². The number of nitrogens with zero attached hydrogens (tertiary/aromatic N) is 1. The van der Waals surface area contributed by atoms with E-state index in [2.05, 4.69) is 10.3 Å². The summed E-state index contributed by atoms with van der Waals surface area (Å²) in [6.07, 6.45) is 1.50. The molecule has 2 aromatic carbocycles. The van der Waals surface area contributed by atoms with Gasteiger partial charge >= 0.3 is 0 Å². The molecule has 0 aliphatic rings. The Bertz CT molecular complexity index is 895. The van der Waals surface area contributed by atoms with E-state index in [-0.39, 0.29) is 17.4 Å². The van der Waals surface area contributed by atoms with Crippen molar-refractivity contribution in [3.8, 4) is 22.6 Å². The average Bonchev–Trinajstić information content (AvgIpc) is 2.58. The van der Waals surface area contributed by atoms with E-state index < -0.39 is 0 Å². The van der Waals surface area contributed by atoms with Crippen molar-refractivity contribution in [1.29, 1.82) is 0 Å². The highest BCUT2D eigenvalue weighted by atomic mass is 35.5. The number of amides is 1. The summed E-state index contributed by atoms with van der Waals surface area (Å²) in [5, 5.41) is 22.4. The molecule has 0 atom stereocenters. The maximum atomic E-state index is 12.2. The highest BCUT2D eigenvalue weighted by Crippen LogP contribution is 2.35. The summed E-state index contributed by atoms with van der Waals surface area (Å²) in [7, 11) is 0. The van der Waals surface area contributed by atoms with Crippen molar-refractivity contribution in [3.05, 3.63) is 71.4 Å². The number of hydrogen-bond donors (Lipinski definition) is 3. The summed E-state index contributed by atoms with van der Waals surface area (Å²) in [5.74, 6) is -0.430. The summed E-state index contributed by atoms with van der Waals surface area (Å²) < 4.78 is 0. The zero-order chi connectivity index (χ0) is 17.1. The molecule has 1 aromatic heterocycles. The number of carbonyl (C=O) groups excluding carboxylic acids is 1. The predicted octanol–water partition coefficient (Wildman–Crippen LogP) is 4.07. The number of benzene rings is 2. The lowest BCUT2D eigenvalue weighted by Crippen LogP contribution is -2.13. The summed E-state index contributed by atoms with van der Waals surface area (Å²) in [6.45, 7) is 0. The number of aromatic hydroxyl groups is 2. The molecule has 0 unspecified atom stereocenters. The third-order valence-electron chi connectivity index (χ3n) is 3.45. The van der Waals surface area contributed by atoms with Gasteiger partial charge in [0.1, 0.15) is 5.82 Å². The fourth-order valence-corrected chi connectivity index (χ4v) is 2.44. The van der Waals surface area contributed by atoms with E-state index in [9.17, 15) is 15.0 Å². The van der Waals surface area contributed by atoms with Gasteiger partial charge in [-0.25, -0.2) is 4.98 Å². The molecule has 3 aromatic rings. The van der Waals surface area contributed by atoms with Crippen LogP contribution in [0.5, 0.6) is 11.5 Å². The van der Waals surface area contributed by atoms with Crippen LogP contribution >= 0.6 is 11.6 Å². The SMILES string of the molecule is O=C(Nc1ccc(-c2cccc(O)c2O)cn1)c1ccccc1Cl. The van der Waals surface area contributed by atoms with E-state index in [1.54, 1.807) is 48.5 Å². The first kappa shape index (κ1) is 15.8. The van der Waals surface area contributed by atoms with Crippen LogP contribution in [0.15, 0.2) is 60.8 Å². The third-order valence-corrected chi connectivity index (χ3v) is 3.78. The first-order chi connectivity index (χ1) is 11.6. The Kier molecular flexibility index (Phi) is 4.35. The van der Waals surface area contributed by atoms with Crippen molar-refractivity contribution in [2.75, 3.05) is 5.32 Å². The molecule has 5 nitrogen and oxygen atoms in total. The van der Waals surface area contributed by atoms with Gasteiger partial charge in [0.2, 0.25) is 0 Å². The average molecular weight is 341 g/mol. The van der Waals surface area contributed by atoms with Crippen LogP contribution in [-0.2, 0) is 0 Å². The minimum absolute atomic E-state index is 0.205. The molecule has 120 valence electrons. The third kappa shape index (κ3) is 3.16. The number of hydrogen-bond acceptors (Lipinski definition) is 4. The Morgan fingerprint density at radius 1 is 1.00 bits per heavy atom. The second-order valence-electron chi connectivity index (χ2n) is 5.04. The van der Waals surface area contributed by atoms with Crippen molar-refractivity contribution in [1.82, 2.24) is 4.98 Å². The quantitative estimate of drug-likeness (QED) is 0.628. The minimum atomic E-state index is -0.360. The molecule has 3 rings (SSSR count). The molecule has 0 aliphatic heterocycles. The van der Waals surface area contributed by atoms with Gasteiger partial charge in [0.15, 0.2) is 11.5 Å². The Morgan fingerprint density at radius 2 is 1.79 bits per heavy atom. The largest absolute Gasteiger partial charge is 0.504 e. The lowest BCUT2D eigenvalue weighted by molar-refractivity contribution is 0.102. The van der Waals surface area contributed by atoms with E-state index in [1.807, 2.05) is 0 Å². The van der Waals surface area contributed by atoms with Crippen LogP contribution in [0.3, 0.4) is 0 Å². The van der Waals surface area contributed by atoms with Crippen LogP contribution < -0.4 is 5.32 Å². The number of phenols is 2. The lowest BCUT2D eigenvalue weighted by Gasteiger charge is -2.08. The summed E-state index contributed by atoms with van der Waals surface area (Å²) >= 11 is 5.99. The van der Waals surface area contributed by atoms with Crippen molar-refractivity contribution >= 4 is 23.3 Å². The number of phenolic OH excluding ortho intramolecular Hbond substituents is 2. The first-order valence-corrected chi connectivity index (χ1v) is 7.47. The van der Waals surface area contributed by atoms with Crippen LogP contribution in [0, 0.1) is 0 Å². The van der Waals surface area contributed by atoms with Gasteiger partial charge in [0, 0.05) is 17.3 Å². The molecule has 0 radical (unpaired) electrons. The molecule has 0 saturated carbocycles. The van der Waals surface area contributed by atoms with Gasteiger partial charge in [-0.1, -0.05) is 35.9 Å². The molecule has 1 heterocycles. The van der Waals surface area contributed by atoms with Crippen LogP contribution in [-0.4, -0.2) is 21.1 Å². The van der Waals surface area contributed by atoms with E-state index in [0.717, 1.165) is 0 Å². The highest BCUT2D eigenvalue weighted by Gasteiger charge is 2.12. The van der Waals surface area contributed by atoms with Crippen LogP contribution in [0.2, 0.25) is 5.02 Å². The molecule has 0 bridgehead atoms. The molecular formula is C18H13ClN2O3. The molecule has 0 saturated heterocycles. The molecule has 24 heavy (non-hydrogen) atoms. The van der Waals surface area contributed by atoms with Gasteiger partial charge in [-0.15, -0.1) is 0 Å². The number of pyridine rings is 1. The minimum Gasteiger partial charge on any atom is -0.504 e. The van der Waals surface area contributed by atoms with Crippen LogP contribution in [0.4, 0.5) is 5.82 Å². The van der Waals surface area contributed by atoms with Crippen molar-refractivity contribution < 1.29 is 15.0 Å². The van der Waals surface area contributed by atoms with Gasteiger partial charge in [-0.3, -0.25) is 4.79 Å². The van der Waals surface area contributed by atoms with E-state index in [4.69, 9.17) is 11.6 Å². The first-order valence-electron chi connectivity index (χ1n) is 7.09. The molecule has 1 amide bonds. The number of anilines is 1. The Labute approximate surface area is 143 Å². The number of carbonyl (C=O) groups is 1. The summed E-state index contributed by atoms with van der Waals surface area (Å²) in [4.78, 5) is 16.3.